The van der Waals surface area contributed by atoms with Gasteiger partial charge < -0.3 is 37.9 Å². The van der Waals surface area contributed by atoms with E-state index in [0.717, 1.165) is 77.4 Å². The Hall–Kier alpha value is -12.9. The van der Waals surface area contributed by atoms with Crippen molar-refractivity contribution in [3.8, 4) is 23.0 Å². The second kappa shape index (κ2) is 37.2. The highest BCUT2D eigenvalue weighted by Gasteiger charge is 2.31. The van der Waals surface area contributed by atoms with E-state index >= 15 is 0 Å². The molecule has 115 heavy (non-hydrogen) atoms. The van der Waals surface area contributed by atoms with Crippen LogP contribution in [0.25, 0.3) is 10.8 Å². The highest BCUT2D eigenvalue weighted by molar-refractivity contribution is 9.10. The van der Waals surface area contributed by atoms with E-state index in [1.54, 1.807) is 0 Å². The van der Waals surface area contributed by atoms with Crippen LogP contribution in [-0.2, 0) is 45.4 Å². The zero-order valence-corrected chi connectivity index (χ0v) is 63.6. The van der Waals surface area contributed by atoms with E-state index in [4.69, 9.17) is 37.9 Å². The van der Waals surface area contributed by atoms with Crippen LogP contribution in [0.1, 0.15) is 102 Å². The van der Waals surface area contributed by atoms with Crippen molar-refractivity contribution >= 4 is 50.3 Å². The van der Waals surface area contributed by atoms with Gasteiger partial charge in [0.05, 0.1) is 4.47 Å². The highest BCUT2D eigenvalue weighted by atomic mass is 79.9. The van der Waals surface area contributed by atoms with E-state index < -0.39 is 46.5 Å². The molecule has 13 aromatic rings. The van der Waals surface area contributed by atoms with Gasteiger partial charge in [-0.2, -0.15) is 0 Å². The number of hydrogen-bond acceptors (Lipinski definition) is 12. The molecule has 580 valence electrons. The lowest BCUT2D eigenvalue weighted by Crippen LogP contribution is -2.07. The Morgan fingerprint density at radius 2 is 0.557 bits per heavy atom. The van der Waals surface area contributed by atoms with Gasteiger partial charge in [-0.1, -0.05) is 199 Å². The molecule has 0 amide bonds. The normalized spacial score (nSPS) is 15.7. The molecule has 0 saturated carbocycles. The molecule has 0 saturated heterocycles. The SMILES string of the molecule is Cc1ccc(OCc2ccc(C3COC(c4c(F)cccc4F)=N3)cc2)cc1.Cc1ccc(OCc2ccc(C3COC(c4c(F)cccc4F)=N3)cc2)cc1.Fc1cccc(F)c1C1=NC(c2ccc(COc3ccc4ccccc4c3)cc2)CO1.Fc1cccc(F)c1C1=NC(c2ccc(COc3ccccc3Br)cc2)CO1. The van der Waals surface area contributed by atoms with Crippen LogP contribution in [0.4, 0.5) is 35.1 Å². The zero-order chi connectivity index (χ0) is 79.7. The number of aryl methyl sites for hydroxylation is 2. The molecule has 4 aliphatic heterocycles. The second-order valence-corrected chi connectivity index (χ2v) is 28.0. The second-order valence-electron chi connectivity index (χ2n) is 27.1. The predicted molar refractivity (Wildman–Crippen MR) is 430 cm³/mol. The lowest BCUT2D eigenvalue weighted by Gasteiger charge is -2.10. The number of hydrogen-bond donors (Lipinski definition) is 0. The van der Waals surface area contributed by atoms with Gasteiger partial charge in [-0.15, -0.1) is 0 Å². The molecular weight excluding hydrogens is 1540 g/mol. The average Bonchev–Trinajstić information content (AvgIpc) is 1.69. The van der Waals surface area contributed by atoms with Crippen molar-refractivity contribution in [2.24, 2.45) is 20.0 Å². The van der Waals surface area contributed by atoms with Crippen LogP contribution >= 0.6 is 15.9 Å². The summed E-state index contributed by atoms with van der Waals surface area (Å²) in [6.07, 6.45) is 0. The third-order valence-electron chi connectivity index (χ3n) is 19.0. The highest BCUT2D eigenvalue weighted by Crippen LogP contribution is 2.34. The number of rotatable bonds is 20. The van der Waals surface area contributed by atoms with Gasteiger partial charge in [0.25, 0.3) is 0 Å². The first-order valence-electron chi connectivity index (χ1n) is 36.8. The first kappa shape index (κ1) is 78.8. The van der Waals surface area contributed by atoms with Crippen molar-refractivity contribution in [3.63, 3.8) is 0 Å². The minimum absolute atomic E-state index is 0.00179. The number of benzene rings is 13. The largest absolute Gasteiger partial charge is 0.489 e. The third-order valence-corrected chi connectivity index (χ3v) is 19.6. The Balaban J connectivity index is 0.000000127. The lowest BCUT2D eigenvalue weighted by molar-refractivity contribution is 0.304. The molecule has 17 rings (SSSR count). The van der Waals surface area contributed by atoms with Gasteiger partial charge in [-0.25, -0.2) is 55.1 Å². The maximum Gasteiger partial charge on any atom is 0.222 e. The summed E-state index contributed by atoms with van der Waals surface area (Å²) in [7, 11) is 0. The van der Waals surface area contributed by atoms with Gasteiger partial charge in [0.15, 0.2) is 0 Å². The van der Waals surface area contributed by atoms with Crippen molar-refractivity contribution < 1.29 is 73.0 Å². The summed E-state index contributed by atoms with van der Waals surface area (Å²) < 4.78 is 158. The standard InChI is InChI=1S/C26H19F2NO2.2C23H19F2NO2.C22H16BrF2NO2/c27-22-6-3-7-23(28)25(22)26-29-24(16-31-26)19-10-8-17(9-11-19)15-30-21-13-12-18-4-1-2-5-20(18)14-21;2*1-15-5-11-18(12-6-15)27-13-16-7-9-17(10-8-16)21-14-28-23(26-21)22-19(24)3-2-4-20(22)25;23-16-4-1-2-7-20(16)27-12-14-8-10-15(11-9-14)19-13-28-22(26-19)21-17(24)5-3-6-18(21)25/h1-14,24H,15-16H2;2*2-12,21H,13-14H2,1H3;1-11,19H,12-13H2. The number of ether oxygens (including phenoxy) is 8. The summed E-state index contributed by atoms with van der Waals surface area (Å²) in [5.41, 5.74) is 9.24. The molecule has 4 heterocycles. The molecule has 0 spiro atoms. The first-order chi connectivity index (χ1) is 56.0. The van der Waals surface area contributed by atoms with Crippen LogP contribution < -0.4 is 18.9 Å². The van der Waals surface area contributed by atoms with Crippen molar-refractivity contribution in [3.05, 3.63) is 414 Å². The van der Waals surface area contributed by atoms with Gasteiger partial charge in [-0.05, 0) is 182 Å². The fourth-order valence-corrected chi connectivity index (χ4v) is 13.0. The predicted octanol–water partition coefficient (Wildman–Crippen LogP) is 22.8. The number of fused-ring (bicyclic) bond motifs is 1. The van der Waals surface area contributed by atoms with Gasteiger partial charge in [0.2, 0.25) is 23.6 Å². The number of halogens is 9. The van der Waals surface area contributed by atoms with Gasteiger partial charge in [0.1, 0.15) is 169 Å². The Bertz CT molecular complexity index is 5440. The summed E-state index contributed by atoms with van der Waals surface area (Å²) in [6.45, 7) is 6.84. The van der Waals surface area contributed by atoms with Crippen LogP contribution in [0.5, 0.6) is 23.0 Å². The van der Waals surface area contributed by atoms with E-state index in [1.165, 1.54) is 89.3 Å². The van der Waals surface area contributed by atoms with Crippen LogP contribution in [-0.4, -0.2) is 50.0 Å². The molecule has 0 aliphatic carbocycles. The molecule has 4 unspecified atom stereocenters. The maximum absolute atomic E-state index is 14.0. The molecule has 0 aromatic heterocycles. The summed E-state index contributed by atoms with van der Waals surface area (Å²) in [5, 5.41) is 2.31. The Kier molecular flexibility index (Phi) is 25.5. The Morgan fingerprint density at radius 3 is 0.870 bits per heavy atom. The molecule has 12 nitrogen and oxygen atoms in total. The van der Waals surface area contributed by atoms with Crippen LogP contribution in [0.3, 0.4) is 0 Å². The Morgan fingerprint density at radius 1 is 0.287 bits per heavy atom. The van der Waals surface area contributed by atoms with Crippen LogP contribution in [0.15, 0.2) is 310 Å². The number of nitrogens with zero attached hydrogens (tertiary/aromatic N) is 4. The van der Waals surface area contributed by atoms with Crippen LogP contribution in [0.2, 0.25) is 0 Å². The molecule has 0 radical (unpaired) electrons. The van der Waals surface area contributed by atoms with E-state index in [2.05, 4.69) is 48.0 Å². The molecule has 4 aliphatic rings. The topological polar surface area (TPSA) is 123 Å². The molecule has 13 aromatic carbocycles. The lowest BCUT2D eigenvalue weighted by atomic mass is 10.1. The summed E-state index contributed by atoms with van der Waals surface area (Å²) in [4.78, 5) is 17.5. The minimum atomic E-state index is -0.682. The van der Waals surface area contributed by atoms with E-state index in [0.29, 0.717) is 26.4 Å². The van der Waals surface area contributed by atoms with E-state index in [1.807, 2.05) is 214 Å². The van der Waals surface area contributed by atoms with E-state index in [9.17, 15) is 35.1 Å². The molecule has 0 N–H and O–H groups in total. The fourth-order valence-electron chi connectivity index (χ4n) is 12.6. The molecule has 0 bridgehead atoms. The van der Waals surface area contributed by atoms with Crippen molar-refractivity contribution in [1.29, 1.82) is 0 Å². The third kappa shape index (κ3) is 20.1. The Labute approximate surface area is 667 Å². The van der Waals surface area contributed by atoms with Crippen molar-refractivity contribution in [1.82, 2.24) is 0 Å². The van der Waals surface area contributed by atoms with Gasteiger partial charge in [-0.3, -0.25) is 0 Å². The summed E-state index contributed by atoms with van der Waals surface area (Å²) in [5.74, 6) is -2.19. The molecular formula is C94H73BrF8N4O8. The quantitative estimate of drug-likeness (QED) is 0.0691. The monoisotopic (exact) mass is 1620 g/mol. The van der Waals surface area contributed by atoms with Crippen molar-refractivity contribution in [2.75, 3.05) is 26.4 Å². The molecule has 0 fully saturated rings. The number of aliphatic imine (C=N–C) groups is 4. The molecule has 21 heteroatoms. The van der Waals surface area contributed by atoms with Gasteiger partial charge >= 0.3 is 0 Å². The summed E-state index contributed by atoms with van der Waals surface area (Å²) in [6, 6.07) is 82.4. The smallest absolute Gasteiger partial charge is 0.222 e. The summed E-state index contributed by atoms with van der Waals surface area (Å²) >= 11 is 3.45. The minimum Gasteiger partial charge on any atom is -0.489 e. The number of para-hydroxylation sites is 1. The fraction of sp³-hybridized carbons (Fsp3) is 0.149. The van der Waals surface area contributed by atoms with E-state index in [-0.39, 0.29) is 96.4 Å². The first-order valence-corrected chi connectivity index (χ1v) is 37.6. The zero-order valence-electron chi connectivity index (χ0n) is 62.1. The average molecular weight is 1620 g/mol. The van der Waals surface area contributed by atoms with Crippen molar-refractivity contribution in [2.45, 2.75) is 64.4 Å². The maximum atomic E-state index is 14.0. The van der Waals surface area contributed by atoms with Crippen LogP contribution in [0, 0.1) is 60.4 Å². The van der Waals surface area contributed by atoms with Gasteiger partial charge in [0, 0.05) is 0 Å². The molecule has 4 atom stereocenters.